The minimum Gasteiger partial charge on any atom is -0.457 e. The molecule has 0 saturated heterocycles. The van der Waals surface area contributed by atoms with Crippen molar-refractivity contribution in [1.82, 2.24) is 4.90 Å². The number of Topliss-reactive ketones (excluding diaryl/α,β-unsaturated/α-hetero) is 1. The maximum Gasteiger partial charge on any atom is 0.308 e. The molecule has 2 aromatic rings. The second kappa shape index (κ2) is 9.84. The average molecular weight is 420 g/mol. The molecule has 2 amide bonds. The van der Waals surface area contributed by atoms with Gasteiger partial charge in [-0.2, -0.15) is 0 Å². The van der Waals surface area contributed by atoms with Gasteiger partial charge in [-0.1, -0.05) is 31.2 Å². The van der Waals surface area contributed by atoms with Gasteiger partial charge in [0, 0.05) is 30.8 Å². The lowest BCUT2D eigenvalue weighted by Gasteiger charge is -2.32. The van der Waals surface area contributed by atoms with Gasteiger partial charge in [0.2, 0.25) is 11.8 Å². The zero-order valence-corrected chi connectivity index (χ0v) is 17.5. The number of rotatable bonds is 7. The first-order valence-corrected chi connectivity index (χ1v) is 10.0. The minimum absolute atomic E-state index is 0.0593. The Hall–Kier alpha value is -3.74. The van der Waals surface area contributed by atoms with Crippen molar-refractivity contribution in [2.45, 2.75) is 32.7 Å². The first kappa shape index (κ1) is 22.0. The number of hydrogen-bond donors (Lipinski definition) is 1. The van der Waals surface area contributed by atoms with E-state index in [0.717, 1.165) is 11.1 Å². The quantitative estimate of drug-likeness (QED) is 0.544. The van der Waals surface area contributed by atoms with Crippen LogP contribution in [0.3, 0.4) is 0 Å². The molecule has 1 heterocycles. The van der Waals surface area contributed by atoms with Crippen LogP contribution >= 0.6 is 0 Å². The van der Waals surface area contributed by atoms with E-state index in [1.54, 1.807) is 37.4 Å². The predicted molar refractivity (Wildman–Crippen MR) is 116 cm³/mol. The standard InChI is InChI=1S/C24H24N2O5/c1-3-23(29)25-19-10-8-18(9-11-19)22(28)15-31-24(30)14-21-20-7-5-4-6-17(20)12-13-26(21)16(2)27/h4-13,21H,3,14-15H2,1-2H3,(H,25,29)/t21-/m1/s1. The lowest BCUT2D eigenvalue weighted by Crippen LogP contribution is -2.32. The fourth-order valence-corrected chi connectivity index (χ4v) is 3.35. The van der Waals surface area contributed by atoms with E-state index >= 15 is 0 Å². The summed E-state index contributed by atoms with van der Waals surface area (Å²) in [6.07, 6.45) is 3.79. The third-order valence-electron chi connectivity index (χ3n) is 5.01. The highest BCUT2D eigenvalue weighted by Gasteiger charge is 2.29. The van der Waals surface area contributed by atoms with Gasteiger partial charge < -0.3 is 15.0 Å². The van der Waals surface area contributed by atoms with Crippen LogP contribution in [0.2, 0.25) is 0 Å². The van der Waals surface area contributed by atoms with E-state index in [4.69, 9.17) is 4.74 Å². The van der Waals surface area contributed by atoms with Crippen LogP contribution in [-0.4, -0.2) is 35.1 Å². The number of carbonyl (C=O) groups excluding carboxylic acids is 4. The van der Waals surface area contributed by atoms with Crippen molar-refractivity contribution in [1.29, 1.82) is 0 Å². The molecule has 0 unspecified atom stereocenters. The van der Waals surface area contributed by atoms with Crippen molar-refractivity contribution in [3.05, 3.63) is 71.4 Å². The van der Waals surface area contributed by atoms with Crippen molar-refractivity contribution in [2.75, 3.05) is 11.9 Å². The van der Waals surface area contributed by atoms with E-state index in [1.807, 2.05) is 30.3 Å². The molecule has 2 aromatic carbocycles. The van der Waals surface area contributed by atoms with Crippen LogP contribution in [0.25, 0.3) is 6.08 Å². The number of benzene rings is 2. The summed E-state index contributed by atoms with van der Waals surface area (Å²) in [5.74, 6) is -1.22. The Morgan fingerprint density at radius 3 is 2.42 bits per heavy atom. The normalized spacial score (nSPS) is 14.5. The monoisotopic (exact) mass is 420 g/mol. The molecule has 1 N–H and O–H groups in total. The van der Waals surface area contributed by atoms with Crippen LogP contribution in [0, 0.1) is 0 Å². The summed E-state index contributed by atoms with van der Waals surface area (Å²) in [4.78, 5) is 49.7. The molecule has 0 fully saturated rings. The Kier molecular flexibility index (Phi) is 6.97. The van der Waals surface area contributed by atoms with Crippen LogP contribution in [-0.2, 0) is 19.1 Å². The summed E-state index contributed by atoms with van der Waals surface area (Å²) in [5, 5.41) is 2.70. The number of nitrogens with one attached hydrogen (secondary N) is 1. The number of ketones is 1. The Balaban J connectivity index is 1.60. The van der Waals surface area contributed by atoms with Gasteiger partial charge >= 0.3 is 5.97 Å². The summed E-state index contributed by atoms with van der Waals surface area (Å²) in [6, 6.07) is 13.4. The topological polar surface area (TPSA) is 92.8 Å². The number of carbonyl (C=O) groups is 4. The van der Waals surface area contributed by atoms with Crippen molar-refractivity contribution < 1.29 is 23.9 Å². The molecule has 0 aliphatic carbocycles. The molecule has 160 valence electrons. The summed E-state index contributed by atoms with van der Waals surface area (Å²) < 4.78 is 5.20. The molecule has 1 aliphatic rings. The van der Waals surface area contributed by atoms with Crippen molar-refractivity contribution in [2.24, 2.45) is 0 Å². The Bertz CT molecular complexity index is 1030. The fourth-order valence-electron chi connectivity index (χ4n) is 3.35. The van der Waals surface area contributed by atoms with Gasteiger partial charge in [0.15, 0.2) is 12.4 Å². The molecule has 0 radical (unpaired) electrons. The van der Waals surface area contributed by atoms with E-state index in [0.29, 0.717) is 17.7 Å². The van der Waals surface area contributed by atoms with Crippen LogP contribution in [0.4, 0.5) is 5.69 Å². The van der Waals surface area contributed by atoms with E-state index in [9.17, 15) is 19.2 Å². The molecular weight excluding hydrogens is 396 g/mol. The third-order valence-corrected chi connectivity index (χ3v) is 5.01. The highest BCUT2D eigenvalue weighted by molar-refractivity contribution is 5.99. The Labute approximate surface area is 180 Å². The van der Waals surface area contributed by atoms with E-state index in [-0.39, 0.29) is 24.0 Å². The van der Waals surface area contributed by atoms with Gasteiger partial charge in [-0.15, -0.1) is 0 Å². The van der Waals surface area contributed by atoms with Crippen molar-refractivity contribution in [3.63, 3.8) is 0 Å². The fraction of sp³-hybridized carbons (Fsp3) is 0.250. The molecular formula is C24H24N2O5. The maximum absolute atomic E-state index is 12.4. The van der Waals surface area contributed by atoms with Crippen LogP contribution in [0.1, 0.15) is 54.2 Å². The molecule has 1 atom stereocenters. The second-order valence-corrected chi connectivity index (χ2v) is 7.15. The van der Waals surface area contributed by atoms with Gasteiger partial charge in [0.1, 0.15) is 0 Å². The average Bonchev–Trinajstić information content (AvgIpc) is 2.77. The van der Waals surface area contributed by atoms with E-state index < -0.39 is 18.6 Å². The zero-order chi connectivity index (χ0) is 22.4. The summed E-state index contributed by atoms with van der Waals surface area (Å²) >= 11 is 0. The van der Waals surface area contributed by atoms with Gasteiger partial charge in [-0.25, -0.2) is 0 Å². The third kappa shape index (κ3) is 5.45. The van der Waals surface area contributed by atoms with Crippen LogP contribution < -0.4 is 5.32 Å². The molecule has 0 saturated carbocycles. The highest BCUT2D eigenvalue weighted by atomic mass is 16.5. The molecule has 3 rings (SSSR count). The number of amides is 2. The molecule has 7 nitrogen and oxygen atoms in total. The number of fused-ring (bicyclic) bond motifs is 1. The molecule has 31 heavy (non-hydrogen) atoms. The predicted octanol–water partition coefficient (Wildman–Crippen LogP) is 3.73. The van der Waals surface area contributed by atoms with Gasteiger partial charge in [-0.05, 0) is 41.5 Å². The molecule has 0 spiro atoms. The van der Waals surface area contributed by atoms with Gasteiger partial charge in [-0.3, -0.25) is 19.2 Å². The second-order valence-electron chi connectivity index (χ2n) is 7.15. The van der Waals surface area contributed by atoms with Crippen molar-refractivity contribution in [3.8, 4) is 0 Å². The number of hydrogen-bond acceptors (Lipinski definition) is 5. The summed E-state index contributed by atoms with van der Waals surface area (Å²) in [6.45, 7) is 2.79. The van der Waals surface area contributed by atoms with E-state index in [2.05, 4.69) is 5.32 Å². The lowest BCUT2D eigenvalue weighted by molar-refractivity contribution is -0.144. The molecule has 0 bridgehead atoms. The summed E-state index contributed by atoms with van der Waals surface area (Å²) in [7, 11) is 0. The summed E-state index contributed by atoms with van der Waals surface area (Å²) in [5.41, 5.74) is 2.75. The Morgan fingerprint density at radius 2 is 1.74 bits per heavy atom. The minimum atomic E-state index is -0.568. The molecule has 0 aromatic heterocycles. The SMILES string of the molecule is CCC(=O)Nc1ccc(C(=O)COC(=O)C[C@@H]2c3ccccc3C=CN2C(C)=O)cc1. The first-order chi connectivity index (χ1) is 14.9. The number of anilines is 1. The van der Waals surface area contributed by atoms with Crippen LogP contribution in [0.15, 0.2) is 54.7 Å². The lowest BCUT2D eigenvalue weighted by atomic mass is 9.94. The maximum atomic E-state index is 12.4. The van der Waals surface area contributed by atoms with Crippen LogP contribution in [0.5, 0.6) is 0 Å². The van der Waals surface area contributed by atoms with Gasteiger partial charge in [0.05, 0.1) is 12.5 Å². The number of nitrogens with zero attached hydrogens (tertiary/aromatic N) is 1. The van der Waals surface area contributed by atoms with Gasteiger partial charge in [0.25, 0.3) is 0 Å². The number of esters is 1. The highest BCUT2D eigenvalue weighted by Crippen LogP contribution is 2.33. The van der Waals surface area contributed by atoms with Crippen molar-refractivity contribution >= 4 is 35.3 Å². The molecule has 7 heteroatoms. The smallest absolute Gasteiger partial charge is 0.308 e. The first-order valence-electron chi connectivity index (χ1n) is 10.0. The molecule has 1 aliphatic heterocycles. The zero-order valence-electron chi connectivity index (χ0n) is 17.5. The van der Waals surface area contributed by atoms with E-state index in [1.165, 1.54) is 11.8 Å². The number of ether oxygens (including phenoxy) is 1. The largest absolute Gasteiger partial charge is 0.457 e. The Morgan fingerprint density at radius 1 is 1.03 bits per heavy atom.